The van der Waals surface area contributed by atoms with Crippen molar-refractivity contribution in [1.29, 1.82) is 0 Å². The van der Waals surface area contributed by atoms with Crippen molar-refractivity contribution in [3.8, 4) is 0 Å². The summed E-state index contributed by atoms with van der Waals surface area (Å²) < 4.78 is 27.7. The van der Waals surface area contributed by atoms with Gasteiger partial charge in [0.1, 0.15) is 0 Å². The molecule has 0 aromatic carbocycles. The van der Waals surface area contributed by atoms with E-state index in [2.05, 4.69) is 4.72 Å². The lowest BCUT2D eigenvalue weighted by atomic mass is 9.89. The van der Waals surface area contributed by atoms with Crippen LogP contribution in [0.2, 0.25) is 0 Å². The molecule has 96 valence electrons. The van der Waals surface area contributed by atoms with Crippen LogP contribution in [0.3, 0.4) is 0 Å². The Kier molecular flexibility index (Phi) is 4.59. The summed E-state index contributed by atoms with van der Waals surface area (Å²) in [6.07, 6.45) is 3.84. The minimum absolute atomic E-state index is 0. The van der Waals surface area contributed by atoms with Crippen molar-refractivity contribution >= 4 is 22.6 Å². The van der Waals surface area contributed by atoms with E-state index in [9.17, 15) is 8.42 Å². The zero-order valence-electron chi connectivity index (χ0n) is 9.43. The third-order valence-electron chi connectivity index (χ3n) is 3.11. The third-order valence-corrected chi connectivity index (χ3v) is 4.71. The van der Waals surface area contributed by atoms with Gasteiger partial charge >= 0.3 is 0 Å². The van der Waals surface area contributed by atoms with Gasteiger partial charge in [-0.3, -0.25) is 0 Å². The van der Waals surface area contributed by atoms with Crippen LogP contribution in [0.25, 0.3) is 0 Å². The number of nitrogens with zero attached hydrogens (tertiary/aromatic N) is 1. The molecule has 0 spiro atoms. The second-order valence-corrected chi connectivity index (χ2v) is 6.58. The van der Waals surface area contributed by atoms with Gasteiger partial charge in [0.05, 0.1) is 0 Å². The fraction of sp³-hybridized carbons (Fsp3) is 1.00. The molecular weight excluding hydrogens is 250 g/mol. The Bertz CT molecular complexity index is 326. The number of hydrogen-bond acceptors (Lipinski definition) is 3. The van der Waals surface area contributed by atoms with Gasteiger partial charge in [-0.25, -0.2) is 0 Å². The Morgan fingerprint density at radius 2 is 1.94 bits per heavy atom. The lowest BCUT2D eigenvalue weighted by Crippen LogP contribution is -2.53. The molecule has 0 amide bonds. The number of nitrogens with two attached hydrogens (primary N) is 1. The van der Waals surface area contributed by atoms with Crippen LogP contribution in [0, 0.1) is 5.92 Å². The Labute approximate surface area is 103 Å². The first-order valence-electron chi connectivity index (χ1n) is 5.46. The van der Waals surface area contributed by atoms with E-state index in [1.54, 1.807) is 7.05 Å². The maximum absolute atomic E-state index is 11.8. The van der Waals surface area contributed by atoms with E-state index < -0.39 is 10.2 Å². The molecule has 0 bridgehead atoms. The molecule has 3 N–H and O–H groups in total. The number of halogens is 1. The van der Waals surface area contributed by atoms with Crippen molar-refractivity contribution < 1.29 is 8.42 Å². The predicted octanol–water partition coefficient (Wildman–Crippen LogP) is 0.0741. The summed E-state index contributed by atoms with van der Waals surface area (Å²) in [4.78, 5) is 0. The highest BCUT2D eigenvalue weighted by Crippen LogP contribution is 2.30. The fourth-order valence-corrected chi connectivity index (χ4v) is 3.02. The molecule has 2 fully saturated rings. The average molecular weight is 270 g/mol. The minimum atomic E-state index is -3.27. The van der Waals surface area contributed by atoms with Gasteiger partial charge < -0.3 is 5.73 Å². The van der Waals surface area contributed by atoms with Crippen LogP contribution >= 0.6 is 12.4 Å². The zero-order valence-corrected chi connectivity index (χ0v) is 11.1. The molecule has 2 aliphatic carbocycles. The van der Waals surface area contributed by atoms with Crippen molar-refractivity contribution in [2.75, 3.05) is 13.6 Å². The van der Waals surface area contributed by atoms with Crippen LogP contribution < -0.4 is 10.5 Å². The van der Waals surface area contributed by atoms with E-state index in [0.29, 0.717) is 12.5 Å². The van der Waals surface area contributed by atoms with E-state index in [1.165, 1.54) is 4.31 Å². The Morgan fingerprint density at radius 3 is 2.38 bits per heavy atom. The van der Waals surface area contributed by atoms with Crippen LogP contribution in [0.15, 0.2) is 0 Å². The average Bonchev–Trinajstić information content (AvgIpc) is 2.85. The molecule has 2 aliphatic rings. The standard InChI is InChI=1S/C9H19N3O2S.ClH/c1-12(6-7-2-3-7)15(13,14)11-9-4-8(10)5-9;/h7-9,11H,2-6,10H2,1H3;1H. The highest BCUT2D eigenvalue weighted by Gasteiger charge is 2.33. The van der Waals surface area contributed by atoms with E-state index in [4.69, 9.17) is 5.73 Å². The predicted molar refractivity (Wildman–Crippen MR) is 65.7 cm³/mol. The van der Waals surface area contributed by atoms with E-state index in [1.807, 2.05) is 0 Å². The van der Waals surface area contributed by atoms with Gasteiger partial charge in [0.2, 0.25) is 0 Å². The summed E-state index contributed by atoms with van der Waals surface area (Å²) in [7, 11) is -1.63. The number of nitrogens with one attached hydrogen (secondary N) is 1. The summed E-state index contributed by atoms with van der Waals surface area (Å²) in [5.41, 5.74) is 5.61. The summed E-state index contributed by atoms with van der Waals surface area (Å²) in [5.74, 6) is 0.579. The number of hydrogen-bond donors (Lipinski definition) is 2. The van der Waals surface area contributed by atoms with E-state index in [-0.39, 0.29) is 24.5 Å². The van der Waals surface area contributed by atoms with Gasteiger partial charge in [-0.05, 0) is 31.6 Å². The van der Waals surface area contributed by atoms with Crippen LogP contribution in [0.1, 0.15) is 25.7 Å². The molecule has 0 aromatic heterocycles. The quantitative estimate of drug-likeness (QED) is 0.742. The lowest BCUT2D eigenvalue weighted by Gasteiger charge is -2.33. The Morgan fingerprint density at radius 1 is 1.38 bits per heavy atom. The molecule has 2 rings (SSSR count). The van der Waals surface area contributed by atoms with Crippen LogP contribution in [-0.2, 0) is 10.2 Å². The van der Waals surface area contributed by atoms with Gasteiger partial charge in [-0.1, -0.05) is 0 Å². The smallest absolute Gasteiger partial charge is 0.279 e. The second-order valence-electron chi connectivity index (χ2n) is 4.78. The zero-order chi connectivity index (χ0) is 11.1. The van der Waals surface area contributed by atoms with Crippen molar-refractivity contribution in [2.24, 2.45) is 11.7 Å². The molecule has 0 radical (unpaired) electrons. The largest absolute Gasteiger partial charge is 0.328 e. The molecule has 0 aromatic rings. The normalized spacial score (nSPS) is 29.7. The molecule has 0 saturated heterocycles. The minimum Gasteiger partial charge on any atom is -0.328 e. The molecule has 0 heterocycles. The van der Waals surface area contributed by atoms with Crippen molar-refractivity contribution in [2.45, 2.75) is 37.8 Å². The van der Waals surface area contributed by atoms with Crippen molar-refractivity contribution in [3.63, 3.8) is 0 Å². The summed E-state index contributed by atoms with van der Waals surface area (Å²) in [6, 6.07) is 0.220. The first-order chi connectivity index (χ1) is 6.97. The Balaban J connectivity index is 0.00000128. The molecular formula is C9H20ClN3O2S. The van der Waals surface area contributed by atoms with E-state index in [0.717, 1.165) is 25.7 Å². The van der Waals surface area contributed by atoms with Crippen LogP contribution in [0.4, 0.5) is 0 Å². The molecule has 7 heteroatoms. The molecule has 0 aliphatic heterocycles. The highest BCUT2D eigenvalue weighted by atomic mass is 35.5. The van der Waals surface area contributed by atoms with Crippen LogP contribution in [-0.4, -0.2) is 38.4 Å². The highest BCUT2D eigenvalue weighted by molar-refractivity contribution is 7.87. The van der Waals surface area contributed by atoms with Gasteiger partial charge in [0.25, 0.3) is 10.2 Å². The fourth-order valence-electron chi connectivity index (χ4n) is 1.82. The van der Waals surface area contributed by atoms with Gasteiger partial charge in [0.15, 0.2) is 0 Å². The maximum atomic E-state index is 11.8. The van der Waals surface area contributed by atoms with Gasteiger partial charge in [-0.15, -0.1) is 12.4 Å². The first kappa shape index (κ1) is 14.2. The molecule has 0 atom stereocenters. The van der Waals surface area contributed by atoms with Gasteiger partial charge in [0, 0.05) is 25.7 Å². The topological polar surface area (TPSA) is 75.4 Å². The van der Waals surface area contributed by atoms with Crippen molar-refractivity contribution in [3.05, 3.63) is 0 Å². The molecule has 0 unspecified atom stereocenters. The van der Waals surface area contributed by atoms with Crippen LogP contribution in [0.5, 0.6) is 0 Å². The Hall–Kier alpha value is 0.120. The number of rotatable bonds is 5. The molecule has 5 nitrogen and oxygen atoms in total. The van der Waals surface area contributed by atoms with Crippen molar-refractivity contribution in [1.82, 2.24) is 9.03 Å². The summed E-state index contributed by atoms with van der Waals surface area (Å²) in [5, 5.41) is 0. The van der Waals surface area contributed by atoms with Gasteiger partial charge in [-0.2, -0.15) is 17.4 Å². The van der Waals surface area contributed by atoms with E-state index >= 15 is 0 Å². The summed E-state index contributed by atoms with van der Waals surface area (Å²) >= 11 is 0. The SMILES string of the molecule is CN(CC1CC1)S(=O)(=O)NC1CC(N)C1.Cl. The third kappa shape index (κ3) is 3.56. The first-order valence-corrected chi connectivity index (χ1v) is 6.90. The second kappa shape index (κ2) is 5.18. The monoisotopic (exact) mass is 269 g/mol. The lowest BCUT2D eigenvalue weighted by molar-refractivity contribution is 0.317. The summed E-state index contributed by atoms with van der Waals surface area (Å²) in [6.45, 7) is 0.647. The molecule has 16 heavy (non-hydrogen) atoms. The maximum Gasteiger partial charge on any atom is 0.279 e. The molecule has 2 saturated carbocycles.